The number of fused-ring (bicyclic) bond motifs is 1. The van der Waals surface area contributed by atoms with Crippen molar-refractivity contribution in [3.05, 3.63) is 53.1 Å². The lowest BCUT2D eigenvalue weighted by Crippen LogP contribution is -2.27. The highest BCUT2D eigenvalue weighted by Crippen LogP contribution is 2.39. The fourth-order valence-corrected chi connectivity index (χ4v) is 3.38. The second-order valence-electron chi connectivity index (χ2n) is 7.57. The molecule has 1 aliphatic heterocycles. The van der Waals surface area contributed by atoms with Crippen molar-refractivity contribution in [3.63, 3.8) is 0 Å². The second kappa shape index (κ2) is 8.60. The first kappa shape index (κ1) is 20.8. The van der Waals surface area contributed by atoms with E-state index in [2.05, 4.69) is 19.2 Å². The van der Waals surface area contributed by atoms with E-state index < -0.39 is 0 Å². The highest BCUT2D eigenvalue weighted by Gasteiger charge is 2.24. The van der Waals surface area contributed by atoms with Gasteiger partial charge in [-0.1, -0.05) is 38.1 Å². The van der Waals surface area contributed by atoms with E-state index in [1.807, 2.05) is 50.3 Å². The topological polar surface area (TPSA) is 56.8 Å². The highest BCUT2D eigenvalue weighted by molar-refractivity contribution is 5.93. The summed E-state index contributed by atoms with van der Waals surface area (Å²) >= 11 is 0. The predicted molar refractivity (Wildman–Crippen MR) is 116 cm³/mol. The van der Waals surface area contributed by atoms with E-state index in [1.54, 1.807) is 13.2 Å². The summed E-state index contributed by atoms with van der Waals surface area (Å²) in [5, 5.41) is 3.02. The average Bonchev–Trinajstić information content (AvgIpc) is 2.71. The Morgan fingerprint density at radius 3 is 2.41 bits per heavy atom. The van der Waals surface area contributed by atoms with Crippen LogP contribution in [0.2, 0.25) is 0 Å². The maximum atomic E-state index is 12.6. The summed E-state index contributed by atoms with van der Waals surface area (Å²) in [5.74, 6) is 1.57. The van der Waals surface area contributed by atoms with Gasteiger partial charge in [0, 0.05) is 17.3 Å². The molecule has 0 saturated carbocycles. The van der Waals surface area contributed by atoms with Gasteiger partial charge in [0.2, 0.25) is 0 Å². The van der Waals surface area contributed by atoms with Crippen molar-refractivity contribution >= 4 is 17.7 Å². The number of hydrogen-bond donors (Lipinski definition) is 1. The van der Waals surface area contributed by atoms with E-state index in [9.17, 15) is 4.79 Å². The number of rotatable bonds is 7. The summed E-state index contributed by atoms with van der Waals surface area (Å²) in [4.78, 5) is 12.6. The average molecular weight is 395 g/mol. The van der Waals surface area contributed by atoms with Crippen LogP contribution in [0.25, 0.3) is 6.08 Å². The maximum absolute atomic E-state index is 12.6. The Hall–Kier alpha value is -2.95. The molecule has 0 aromatic heterocycles. The van der Waals surface area contributed by atoms with Gasteiger partial charge < -0.3 is 19.5 Å². The van der Waals surface area contributed by atoms with Crippen LogP contribution in [0.1, 0.15) is 44.4 Å². The molecule has 0 spiro atoms. The summed E-state index contributed by atoms with van der Waals surface area (Å²) < 4.78 is 17.2. The quantitative estimate of drug-likeness (QED) is 0.715. The molecule has 1 aliphatic rings. The SMILES string of the molecule is CCc1cccc(CC)c1NC(=O)COc1cc2c(cc1OC)OC(C)(C)C=C2. The number of carbonyl (C=O) groups is 1. The third-order valence-electron chi connectivity index (χ3n) is 4.96. The predicted octanol–water partition coefficient (Wildman–Crippen LogP) is 5.02. The normalized spacial score (nSPS) is 14.0. The van der Waals surface area contributed by atoms with Gasteiger partial charge in [-0.15, -0.1) is 0 Å². The first-order valence-electron chi connectivity index (χ1n) is 10.0. The van der Waals surface area contributed by atoms with Crippen LogP contribution in [0.3, 0.4) is 0 Å². The summed E-state index contributed by atoms with van der Waals surface area (Å²) in [6, 6.07) is 9.74. The zero-order valence-corrected chi connectivity index (χ0v) is 17.8. The Balaban J connectivity index is 1.74. The minimum absolute atomic E-state index is 0.105. The molecule has 0 fully saturated rings. The van der Waals surface area contributed by atoms with Gasteiger partial charge in [0.05, 0.1) is 7.11 Å². The lowest BCUT2D eigenvalue weighted by atomic mass is 10.0. The molecular weight excluding hydrogens is 366 g/mol. The number of nitrogens with one attached hydrogen (secondary N) is 1. The van der Waals surface area contributed by atoms with Crippen LogP contribution in [-0.2, 0) is 17.6 Å². The minimum atomic E-state index is -0.371. The Morgan fingerprint density at radius 1 is 1.10 bits per heavy atom. The number of aryl methyl sites for hydroxylation is 2. The van der Waals surface area contributed by atoms with E-state index in [0.29, 0.717) is 11.5 Å². The summed E-state index contributed by atoms with van der Waals surface area (Å²) in [5.41, 5.74) is 3.65. The van der Waals surface area contributed by atoms with Crippen molar-refractivity contribution in [2.24, 2.45) is 0 Å². The third-order valence-corrected chi connectivity index (χ3v) is 4.96. The number of methoxy groups -OCH3 is 1. The van der Waals surface area contributed by atoms with Gasteiger partial charge in [0.15, 0.2) is 18.1 Å². The molecule has 0 atom stereocenters. The molecule has 5 heteroatoms. The molecule has 0 radical (unpaired) electrons. The van der Waals surface area contributed by atoms with Gasteiger partial charge in [-0.3, -0.25) is 4.79 Å². The van der Waals surface area contributed by atoms with Gasteiger partial charge in [-0.05, 0) is 50.0 Å². The molecule has 29 heavy (non-hydrogen) atoms. The molecular formula is C24H29NO4. The van der Waals surface area contributed by atoms with Crippen LogP contribution in [0.5, 0.6) is 17.2 Å². The molecule has 2 aromatic carbocycles. The van der Waals surface area contributed by atoms with Crippen LogP contribution in [0.4, 0.5) is 5.69 Å². The van der Waals surface area contributed by atoms with Crippen molar-refractivity contribution in [1.82, 2.24) is 0 Å². The lowest BCUT2D eigenvalue weighted by Gasteiger charge is -2.28. The molecule has 3 rings (SSSR count). The molecule has 0 saturated heterocycles. The van der Waals surface area contributed by atoms with Crippen molar-refractivity contribution < 1.29 is 19.0 Å². The Bertz CT molecular complexity index is 908. The van der Waals surface area contributed by atoms with Crippen LogP contribution >= 0.6 is 0 Å². The molecule has 2 aromatic rings. The zero-order chi connectivity index (χ0) is 21.0. The number of anilines is 1. The second-order valence-corrected chi connectivity index (χ2v) is 7.57. The first-order chi connectivity index (χ1) is 13.9. The van der Waals surface area contributed by atoms with E-state index in [1.165, 1.54) is 0 Å². The van der Waals surface area contributed by atoms with E-state index in [4.69, 9.17) is 14.2 Å². The fraction of sp³-hybridized carbons (Fsp3) is 0.375. The van der Waals surface area contributed by atoms with Crippen molar-refractivity contribution in [2.75, 3.05) is 19.0 Å². The van der Waals surface area contributed by atoms with Crippen LogP contribution in [0.15, 0.2) is 36.4 Å². The van der Waals surface area contributed by atoms with E-state index in [-0.39, 0.29) is 18.1 Å². The van der Waals surface area contributed by atoms with Gasteiger partial charge in [-0.2, -0.15) is 0 Å². The zero-order valence-electron chi connectivity index (χ0n) is 17.8. The largest absolute Gasteiger partial charge is 0.493 e. The number of ether oxygens (including phenoxy) is 3. The number of benzene rings is 2. The molecule has 1 amide bonds. The van der Waals surface area contributed by atoms with Gasteiger partial charge in [0.1, 0.15) is 11.4 Å². The Morgan fingerprint density at radius 2 is 1.79 bits per heavy atom. The van der Waals surface area contributed by atoms with Crippen molar-refractivity contribution in [2.45, 2.75) is 46.1 Å². The monoisotopic (exact) mass is 395 g/mol. The highest BCUT2D eigenvalue weighted by atomic mass is 16.5. The van der Waals surface area contributed by atoms with Gasteiger partial charge in [-0.25, -0.2) is 0 Å². The number of para-hydroxylation sites is 1. The standard InChI is InChI=1S/C24H29NO4/c1-6-16-9-8-10-17(7-2)23(16)25-22(26)15-28-21-13-18-11-12-24(3,4)29-19(18)14-20(21)27-5/h8-14H,6-7,15H2,1-5H3,(H,25,26). The minimum Gasteiger partial charge on any atom is -0.493 e. The molecule has 154 valence electrons. The third kappa shape index (κ3) is 4.73. The molecule has 5 nitrogen and oxygen atoms in total. The Kier molecular flexibility index (Phi) is 6.16. The summed E-state index contributed by atoms with van der Waals surface area (Å²) in [6.07, 6.45) is 5.69. The van der Waals surface area contributed by atoms with Crippen LogP contribution in [0, 0.1) is 0 Å². The Labute approximate surface area is 172 Å². The maximum Gasteiger partial charge on any atom is 0.262 e. The fourth-order valence-electron chi connectivity index (χ4n) is 3.38. The number of amides is 1. The summed E-state index contributed by atoms with van der Waals surface area (Å²) in [7, 11) is 1.57. The summed E-state index contributed by atoms with van der Waals surface area (Å²) in [6.45, 7) is 8.04. The molecule has 1 N–H and O–H groups in total. The van der Waals surface area contributed by atoms with Crippen LogP contribution < -0.4 is 19.5 Å². The van der Waals surface area contributed by atoms with Gasteiger partial charge >= 0.3 is 0 Å². The molecule has 0 unspecified atom stereocenters. The van der Waals surface area contributed by atoms with E-state index in [0.717, 1.165) is 41.0 Å². The number of hydrogen-bond acceptors (Lipinski definition) is 4. The van der Waals surface area contributed by atoms with Crippen LogP contribution in [-0.4, -0.2) is 25.2 Å². The molecule has 0 aliphatic carbocycles. The number of carbonyl (C=O) groups excluding carboxylic acids is 1. The molecule has 0 bridgehead atoms. The van der Waals surface area contributed by atoms with Crippen molar-refractivity contribution in [3.8, 4) is 17.2 Å². The van der Waals surface area contributed by atoms with E-state index >= 15 is 0 Å². The molecule has 1 heterocycles. The lowest BCUT2D eigenvalue weighted by molar-refractivity contribution is -0.118. The smallest absolute Gasteiger partial charge is 0.262 e. The van der Waals surface area contributed by atoms with Gasteiger partial charge in [0.25, 0.3) is 5.91 Å². The first-order valence-corrected chi connectivity index (χ1v) is 10.0. The van der Waals surface area contributed by atoms with Crippen molar-refractivity contribution in [1.29, 1.82) is 0 Å².